The van der Waals surface area contributed by atoms with Crippen LogP contribution in [0, 0.1) is 0 Å². The van der Waals surface area contributed by atoms with Gasteiger partial charge in [0.25, 0.3) is 0 Å². The van der Waals surface area contributed by atoms with Gasteiger partial charge in [0.15, 0.2) is 46.4 Å². The number of piperidine rings is 3. The van der Waals surface area contributed by atoms with E-state index in [9.17, 15) is 30.4 Å². The van der Waals surface area contributed by atoms with Crippen molar-refractivity contribution < 1.29 is 39.2 Å². The predicted octanol–water partition coefficient (Wildman–Crippen LogP) is 11.9. The minimum Gasteiger partial charge on any atom is -0.504 e. The average molecular weight is 1190 g/mol. The molecular formula is C54H76Cl4N6O9S3. The zero-order chi connectivity index (χ0) is 54.9. The number of likely N-dealkylation sites (tertiary alicyclic amines) is 2. The number of nitrogen functional groups attached to an aromatic ring is 1. The Balaban J connectivity index is 0.000000166. The summed E-state index contributed by atoms with van der Waals surface area (Å²) < 4.78 is 89.8. The second-order valence-electron chi connectivity index (χ2n) is 24.2. The van der Waals surface area contributed by atoms with Crippen molar-refractivity contribution in [2.75, 3.05) is 45.0 Å². The largest absolute Gasteiger partial charge is 0.504 e. The molecule has 5 aromatic rings. The first kappa shape index (κ1) is 60.7. The molecule has 5 aliphatic rings. The monoisotopic (exact) mass is 1190 g/mol. The predicted molar refractivity (Wildman–Crippen MR) is 306 cm³/mol. The van der Waals surface area contributed by atoms with Crippen LogP contribution in [0.2, 0.25) is 15.1 Å². The SMILES string of the molecule is CC(C)(C)c1nc2ccc(Cl)c(S(=O)(=O)C3(C)CCN(C4CCC4)CC3)c2o1.CC(C)(C)c1nc2ccc(Cl)c(S(=O)(=O)C3(C)CCNCC3)c2o1.CC1(S(=O)(=O)c2c(Cl)ccc(N)c2O)CCN(C2CCC2)CC1.Cl. The van der Waals surface area contributed by atoms with E-state index in [0.29, 0.717) is 92.1 Å². The molecule has 0 bridgehead atoms. The number of nitrogens with zero attached hydrogens (tertiary/aromatic N) is 4. The molecule has 0 amide bonds. The molecule has 4 N–H and O–H groups in total. The highest BCUT2D eigenvalue weighted by molar-refractivity contribution is 7.93. The highest BCUT2D eigenvalue weighted by Crippen LogP contribution is 2.47. The van der Waals surface area contributed by atoms with Gasteiger partial charge in [-0.05, 0) is 161 Å². The van der Waals surface area contributed by atoms with Crippen LogP contribution in [0.3, 0.4) is 0 Å². The number of fused-ring (bicyclic) bond motifs is 2. The Hall–Kier alpha value is -2.91. The Kier molecular flexibility index (Phi) is 17.7. The Morgan fingerprint density at radius 1 is 0.579 bits per heavy atom. The molecule has 2 aromatic heterocycles. The third kappa shape index (κ3) is 11.4. The van der Waals surface area contributed by atoms with Gasteiger partial charge < -0.3 is 34.8 Å². The molecule has 0 unspecified atom stereocenters. The van der Waals surface area contributed by atoms with Gasteiger partial charge in [0.2, 0.25) is 11.8 Å². The number of anilines is 1. The van der Waals surface area contributed by atoms with Crippen molar-refractivity contribution in [2.24, 2.45) is 0 Å². The first-order valence-corrected chi connectivity index (χ1v) is 31.8. The van der Waals surface area contributed by atoms with Gasteiger partial charge in [-0.3, -0.25) is 0 Å². The van der Waals surface area contributed by atoms with Crippen LogP contribution in [0.25, 0.3) is 22.2 Å². The molecule has 0 radical (unpaired) electrons. The van der Waals surface area contributed by atoms with Crippen LogP contribution in [0.4, 0.5) is 5.69 Å². The fraction of sp³-hybridized carbons (Fsp3) is 0.630. The first-order valence-electron chi connectivity index (χ1n) is 26.2. The Bertz CT molecular complexity index is 3270. The van der Waals surface area contributed by atoms with Crippen LogP contribution in [0.1, 0.15) is 151 Å². The Labute approximate surface area is 470 Å². The maximum absolute atomic E-state index is 13.8. The van der Waals surface area contributed by atoms with Crippen LogP contribution in [-0.2, 0) is 40.3 Å². The van der Waals surface area contributed by atoms with E-state index < -0.39 is 49.5 Å². The topological polar surface area (TPSA) is 219 Å². The zero-order valence-corrected chi connectivity index (χ0v) is 50.7. The third-order valence-electron chi connectivity index (χ3n) is 16.6. The van der Waals surface area contributed by atoms with Gasteiger partial charge in [-0.1, -0.05) is 89.2 Å². The van der Waals surface area contributed by atoms with Gasteiger partial charge >= 0.3 is 0 Å². The molecule has 3 aromatic carbocycles. The summed E-state index contributed by atoms with van der Waals surface area (Å²) in [7, 11) is -11.1. The summed E-state index contributed by atoms with van der Waals surface area (Å²) in [5.74, 6) is 0.595. The van der Waals surface area contributed by atoms with E-state index in [4.69, 9.17) is 49.4 Å². The Morgan fingerprint density at radius 3 is 1.25 bits per heavy atom. The number of hydrogen-bond acceptors (Lipinski definition) is 15. The van der Waals surface area contributed by atoms with E-state index in [0.717, 1.165) is 26.2 Å². The van der Waals surface area contributed by atoms with Gasteiger partial charge in [0.05, 0.1) is 35.0 Å². The van der Waals surface area contributed by atoms with Gasteiger partial charge in [-0.15, -0.1) is 12.4 Å². The second kappa shape index (κ2) is 22.2. The van der Waals surface area contributed by atoms with Crippen LogP contribution in [-0.4, -0.2) is 116 Å². The first-order chi connectivity index (χ1) is 34.8. The fourth-order valence-electron chi connectivity index (χ4n) is 10.6. The molecule has 5 fully saturated rings. The van der Waals surface area contributed by atoms with Crippen molar-refractivity contribution in [3.05, 3.63) is 63.2 Å². The average Bonchev–Trinajstić information content (AvgIpc) is 3.94. The van der Waals surface area contributed by atoms with Gasteiger partial charge in [-0.25, -0.2) is 35.2 Å². The summed E-state index contributed by atoms with van der Waals surface area (Å²) in [6.07, 6.45) is 10.8. The standard InChI is InChI=1S/C21H29ClN2O3S.C17H23ClN2O3S.C16H23ClN2O3S.ClH/c1-20(2,3)19-23-16-9-8-15(22)18(17(16)27-19)28(25,26)21(4)10-12-24(13-11-21)14-6-5-7-14;1-16(2,3)15-20-12-6-5-11(18)14(13(12)23-15)24(21,22)17(4)7-9-19-10-8-17;1-16(7-9-19(10-8-16)11-3-2-4-11)23(21,22)15-12(17)5-6-13(18)14(15)20;/h8-9,14H,5-7,10-13H2,1-4H3;5-6,19H,7-10H2,1-4H3;5-6,11,20H,2-4,7-10,18H2,1H3;1H. The van der Waals surface area contributed by atoms with Crippen molar-refractivity contribution in [1.29, 1.82) is 0 Å². The van der Waals surface area contributed by atoms with Gasteiger partial charge in [0.1, 0.15) is 25.7 Å². The maximum Gasteiger partial charge on any atom is 0.200 e. The lowest BCUT2D eigenvalue weighted by Crippen LogP contribution is -2.51. The molecule has 10 rings (SSSR count). The maximum atomic E-state index is 13.8. The number of oxazole rings is 2. The van der Waals surface area contributed by atoms with Gasteiger partial charge in [-0.2, -0.15) is 0 Å². The highest BCUT2D eigenvalue weighted by atomic mass is 35.5. The number of halogens is 4. The number of rotatable bonds is 8. The highest BCUT2D eigenvalue weighted by Gasteiger charge is 2.49. The molecule has 0 atom stereocenters. The molecule has 15 nitrogen and oxygen atoms in total. The van der Waals surface area contributed by atoms with Crippen LogP contribution in [0.15, 0.2) is 59.9 Å². The van der Waals surface area contributed by atoms with Gasteiger partial charge in [0, 0.05) is 22.9 Å². The summed E-state index contributed by atoms with van der Waals surface area (Å²) in [4.78, 5) is 13.8. The lowest BCUT2D eigenvalue weighted by Gasteiger charge is -2.45. The molecule has 2 aliphatic carbocycles. The van der Waals surface area contributed by atoms with Crippen molar-refractivity contribution in [2.45, 2.75) is 191 Å². The van der Waals surface area contributed by atoms with Crippen LogP contribution >= 0.6 is 47.2 Å². The molecule has 3 saturated heterocycles. The molecule has 2 saturated carbocycles. The normalized spacial score (nSPS) is 20.8. The minimum absolute atomic E-state index is 0. The summed E-state index contributed by atoms with van der Waals surface area (Å²) in [6, 6.07) is 10.8. The van der Waals surface area contributed by atoms with E-state index in [1.807, 2.05) is 48.5 Å². The molecule has 5 heterocycles. The number of aromatic hydroxyl groups is 1. The third-order valence-corrected chi connectivity index (χ3v) is 25.9. The van der Waals surface area contributed by atoms with E-state index >= 15 is 0 Å². The number of nitrogens with two attached hydrogens (primary N) is 1. The lowest BCUT2D eigenvalue weighted by molar-refractivity contribution is 0.0932. The molecule has 76 heavy (non-hydrogen) atoms. The van der Waals surface area contributed by atoms with Crippen molar-refractivity contribution in [1.82, 2.24) is 25.1 Å². The molecule has 22 heteroatoms. The summed E-state index contributed by atoms with van der Waals surface area (Å²) in [5, 5.41) is 13.8. The zero-order valence-electron chi connectivity index (χ0n) is 45.2. The lowest BCUT2D eigenvalue weighted by atomic mass is 9.88. The van der Waals surface area contributed by atoms with Crippen molar-refractivity contribution >= 4 is 105 Å². The summed E-state index contributed by atoms with van der Waals surface area (Å²) in [5.41, 5.74) is 6.70. The van der Waals surface area contributed by atoms with Crippen LogP contribution in [0.5, 0.6) is 5.75 Å². The van der Waals surface area contributed by atoms with Crippen molar-refractivity contribution in [3.63, 3.8) is 0 Å². The molecule has 0 spiro atoms. The van der Waals surface area contributed by atoms with E-state index in [-0.39, 0.29) is 64.3 Å². The quantitative estimate of drug-likeness (QED) is 0.0972. The number of benzene rings is 3. The Morgan fingerprint density at radius 2 is 0.908 bits per heavy atom. The number of nitrogens with one attached hydrogen (secondary N) is 1. The minimum atomic E-state index is -3.77. The van der Waals surface area contributed by atoms with Crippen LogP contribution < -0.4 is 11.1 Å². The second-order valence-corrected chi connectivity index (χ2v) is 32.6. The van der Waals surface area contributed by atoms with E-state index in [1.54, 1.807) is 38.1 Å². The molecule has 3 aliphatic heterocycles. The molecule has 422 valence electrons. The fourth-order valence-corrected chi connectivity index (χ4v) is 17.7. The van der Waals surface area contributed by atoms with Crippen molar-refractivity contribution in [3.8, 4) is 5.75 Å². The summed E-state index contributed by atoms with van der Waals surface area (Å²) >= 11 is 18.8. The molecular weight excluding hydrogens is 1110 g/mol. The number of sulfone groups is 3. The number of aromatic nitrogens is 2. The summed E-state index contributed by atoms with van der Waals surface area (Å²) in [6.45, 7) is 21.8. The number of phenolic OH excluding ortho intramolecular Hbond substituents is 1. The van der Waals surface area contributed by atoms with E-state index in [1.165, 1.54) is 50.7 Å². The van der Waals surface area contributed by atoms with E-state index in [2.05, 4.69) is 25.1 Å². The smallest absolute Gasteiger partial charge is 0.200 e. The number of hydrogen-bond donors (Lipinski definition) is 3. The number of phenols is 1.